The summed E-state index contributed by atoms with van der Waals surface area (Å²) in [6.45, 7) is 8.30. The molecule has 6 heteroatoms. The van der Waals surface area contributed by atoms with Gasteiger partial charge in [-0.2, -0.15) is 0 Å². The number of rotatable bonds is 3. The van der Waals surface area contributed by atoms with Gasteiger partial charge in [-0.3, -0.25) is 4.79 Å². The molecular weight excluding hydrogens is 500 g/mol. The molecule has 2 aromatic carbocycles. The van der Waals surface area contributed by atoms with Crippen LogP contribution in [-0.4, -0.2) is 76.5 Å². The van der Waals surface area contributed by atoms with E-state index < -0.39 is 17.1 Å². The molecule has 5 aliphatic rings. The number of phenols is 1. The zero-order valence-corrected chi connectivity index (χ0v) is 24.4. The summed E-state index contributed by atoms with van der Waals surface area (Å²) in [5, 5.41) is 23.8. The van der Waals surface area contributed by atoms with Gasteiger partial charge < -0.3 is 24.3 Å². The molecule has 0 aromatic heterocycles. The number of ether oxygens (including phenoxy) is 1. The number of aromatic hydroxyl groups is 1. The molecule has 1 saturated heterocycles. The van der Waals surface area contributed by atoms with Gasteiger partial charge in [0.1, 0.15) is 17.7 Å². The van der Waals surface area contributed by atoms with Crippen LogP contribution in [0, 0.1) is 38.5 Å². The molecule has 1 unspecified atom stereocenters. The van der Waals surface area contributed by atoms with Crippen molar-refractivity contribution in [1.82, 2.24) is 4.90 Å². The van der Waals surface area contributed by atoms with Gasteiger partial charge in [-0.05, 0) is 80.8 Å². The molecule has 3 aliphatic carbocycles. The zero-order valence-electron chi connectivity index (χ0n) is 24.4. The number of hydrogen-bond acceptors (Lipinski definition) is 4. The molecule has 2 aromatic rings. The molecule has 6 nitrogen and oxygen atoms in total. The van der Waals surface area contributed by atoms with Crippen LogP contribution in [0.1, 0.15) is 65.5 Å². The minimum Gasteiger partial charge on any atom is -0.504 e. The quantitative estimate of drug-likeness (QED) is 0.457. The molecule has 40 heavy (non-hydrogen) atoms. The van der Waals surface area contributed by atoms with Crippen LogP contribution in [0.3, 0.4) is 0 Å². The number of aliphatic hydroxyl groups is 1. The van der Waals surface area contributed by atoms with Crippen molar-refractivity contribution < 1.29 is 24.2 Å². The van der Waals surface area contributed by atoms with E-state index in [0.29, 0.717) is 18.6 Å². The topological polar surface area (TPSA) is 70.0 Å². The number of piperidine rings is 1. The predicted octanol–water partition coefficient (Wildman–Crippen LogP) is 3.90. The van der Waals surface area contributed by atoms with E-state index in [1.165, 1.54) is 29.5 Å². The fraction of sp³-hybridized carbons (Fsp3) is 0.559. The molecule has 7 rings (SSSR count). The molecule has 1 amide bonds. The van der Waals surface area contributed by atoms with Gasteiger partial charge in [-0.1, -0.05) is 18.1 Å². The Morgan fingerprint density at radius 3 is 2.65 bits per heavy atom. The lowest BCUT2D eigenvalue weighted by molar-refractivity contribution is -0.950. The first-order valence-corrected chi connectivity index (χ1v) is 14.9. The van der Waals surface area contributed by atoms with Crippen molar-refractivity contribution in [2.24, 2.45) is 5.92 Å². The van der Waals surface area contributed by atoms with Gasteiger partial charge in [0.15, 0.2) is 11.5 Å². The fourth-order valence-corrected chi connectivity index (χ4v) is 8.98. The normalized spacial score (nSPS) is 34.8. The Hall–Kier alpha value is -3.01. The maximum Gasteiger partial charge on any atom is 0.298 e. The molecule has 2 heterocycles. The highest BCUT2D eigenvalue weighted by atomic mass is 16.5. The van der Waals surface area contributed by atoms with Crippen LogP contribution in [0.4, 0.5) is 0 Å². The van der Waals surface area contributed by atoms with Crippen molar-refractivity contribution in [2.75, 3.05) is 27.2 Å². The third-order valence-corrected chi connectivity index (χ3v) is 11.6. The van der Waals surface area contributed by atoms with Crippen LogP contribution < -0.4 is 4.74 Å². The highest BCUT2D eigenvalue weighted by molar-refractivity contribution is 5.94. The van der Waals surface area contributed by atoms with Crippen molar-refractivity contribution in [3.05, 3.63) is 57.6 Å². The van der Waals surface area contributed by atoms with Gasteiger partial charge in [-0.15, -0.1) is 0 Å². The Morgan fingerprint density at radius 2 is 1.90 bits per heavy atom. The van der Waals surface area contributed by atoms with Crippen LogP contribution in [0.5, 0.6) is 11.5 Å². The van der Waals surface area contributed by atoms with Crippen LogP contribution in [0.2, 0.25) is 0 Å². The first kappa shape index (κ1) is 25.9. The van der Waals surface area contributed by atoms with E-state index in [-0.39, 0.29) is 23.7 Å². The van der Waals surface area contributed by atoms with E-state index in [0.717, 1.165) is 53.0 Å². The highest BCUT2D eigenvalue weighted by Crippen LogP contribution is 2.66. The van der Waals surface area contributed by atoms with Gasteiger partial charge >= 0.3 is 0 Å². The van der Waals surface area contributed by atoms with Gasteiger partial charge in [-0.25, -0.2) is 0 Å². The minimum absolute atomic E-state index is 0.0745. The van der Waals surface area contributed by atoms with Crippen molar-refractivity contribution >= 4 is 5.91 Å². The number of hydrogen-bond donors (Lipinski definition) is 2. The van der Waals surface area contributed by atoms with Crippen LogP contribution in [0.15, 0.2) is 24.3 Å². The number of nitrogens with zero attached hydrogens (tertiary/aromatic N) is 2. The maximum atomic E-state index is 13.5. The molecule has 2 aliphatic heterocycles. The second kappa shape index (κ2) is 8.50. The Kier molecular flexibility index (Phi) is 5.51. The van der Waals surface area contributed by atoms with Gasteiger partial charge in [0.05, 0.1) is 31.6 Å². The number of likely N-dealkylation sites (N-methyl/N-ethyl adjacent to an activating group) is 2. The number of benzene rings is 2. The van der Waals surface area contributed by atoms with E-state index in [1.807, 2.05) is 32.2 Å². The minimum atomic E-state index is -0.950. The van der Waals surface area contributed by atoms with Gasteiger partial charge in [0.2, 0.25) is 0 Å². The molecule has 3 fully saturated rings. The summed E-state index contributed by atoms with van der Waals surface area (Å²) in [7, 11) is 4.16. The van der Waals surface area contributed by atoms with Crippen molar-refractivity contribution in [2.45, 2.75) is 88.5 Å². The molecule has 6 atom stereocenters. The molecule has 2 N–H and O–H groups in total. The monoisotopic (exact) mass is 541 g/mol. The first-order valence-electron chi connectivity index (χ1n) is 14.9. The lowest BCUT2D eigenvalue weighted by Gasteiger charge is -2.66. The smallest absolute Gasteiger partial charge is 0.298 e. The Labute approximate surface area is 237 Å². The van der Waals surface area contributed by atoms with Crippen LogP contribution in [-0.2, 0) is 16.6 Å². The number of carbonyl (C=O) groups excluding carboxylic acids is 1. The van der Waals surface area contributed by atoms with E-state index in [4.69, 9.17) is 4.74 Å². The summed E-state index contributed by atoms with van der Waals surface area (Å²) in [5.41, 5.74) is 4.97. The third kappa shape index (κ3) is 3.34. The molecule has 2 saturated carbocycles. The summed E-state index contributed by atoms with van der Waals surface area (Å²) < 4.78 is 7.57. The number of phenolic OH excluding ortho intramolecular Hbond substituents is 1. The zero-order chi connectivity index (χ0) is 28.2. The number of aryl methyl sites for hydroxylation is 1. The fourth-order valence-electron chi connectivity index (χ4n) is 8.98. The summed E-state index contributed by atoms with van der Waals surface area (Å²) in [4.78, 5) is 15.3. The first-order chi connectivity index (χ1) is 19.0. The highest BCUT2D eigenvalue weighted by Gasteiger charge is 2.76. The Bertz CT molecular complexity index is 1500. The number of likely N-dealkylation sites (tertiary alicyclic amines) is 1. The molecule has 210 valence electrons. The molecule has 0 radical (unpaired) electrons. The lowest BCUT2D eigenvalue weighted by atomic mass is 9.47. The van der Waals surface area contributed by atoms with Gasteiger partial charge in [0, 0.05) is 42.9 Å². The number of quaternary nitrogens is 1. The lowest BCUT2D eigenvalue weighted by Crippen LogP contribution is -2.82. The summed E-state index contributed by atoms with van der Waals surface area (Å²) in [6.07, 6.45) is 4.98. The molecule has 2 bridgehead atoms. The van der Waals surface area contributed by atoms with Crippen LogP contribution >= 0.6 is 0 Å². The van der Waals surface area contributed by atoms with E-state index in [2.05, 4.69) is 32.7 Å². The summed E-state index contributed by atoms with van der Waals surface area (Å²) in [5.74, 6) is 7.19. The number of amides is 1. The predicted molar refractivity (Wildman–Crippen MR) is 153 cm³/mol. The summed E-state index contributed by atoms with van der Waals surface area (Å²) in [6, 6.07) is 7.64. The van der Waals surface area contributed by atoms with Crippen molar-refractivity contribution in [3.63, 3.8) is 0 Å². The standard InChI is InChI=1S/C34H40N2O4/c1-20-6-9-24(22(3)21(20)2)11-13-29(38)35(4)26-14-15-34(39)28-18-25-10-12-27(37)31-30(25)33(34,32(26)40-31)16-17-36(28,5)19-23-7-8-23/h6,9-10,12,23,26,28,32,39H,7-8,14-19H2,1-5H3/p+1/t26-,28+,32+,33+,34-,36?/m1/s1. The Balaban J connectivity index is 1.26. The third-order valence-electron chi connectivity index (χ3n) is 11.6. The van der Waals surface area contributed by atoms with E-state index in [9.17, 15) is 15.0 Å². The average molecular weight is 542 g/mol. The maximum absolute atomic E-state index is 13.5. The molecule has 1 spiro atoms. The van der Waals surface area contributed by atoms with Crippen LogP contribution in [0.25, 0.3) is 0 Å². The second-order valence-corrected chi connectivity index (χ2v) is 13.6. The Morgan fingerprint density at radius 1 is 1.12 bits per heavy atom. The second-order valence-electron chi connectivity index (χ2n) is 13.6. The SMILES string of the molecule is Cc1ccc(C#CC(=O)N(C)[C@@H]2CC[C@@]3(O)[C@@H]4Cc5ccc(O)c6c5[C@@]3(CC[N+]4(C)CC3CC3)[C@H]2O6)c(C)c1C. The average Bonchev–Trinajstić information content (AvgIpc) is 3.66. The summed E-state index contributed by atoms with van der Waals surface area (Å²) >= 11 is 0. The van der Waals surface area contributed by atoms with E-state index in [1.54, 1.807) is 11.0 Å². The molecular formula is C34H41N2O4+. The van der Waals surface area contributed by atoms with Gasteiger partial charge in [0.25, 0.3) is 5.91 Å². The van der Waals surface area contributed by atoms with Crippen molar-refractivity contribution in [3.8, 4) is 23.3 Å². The van der Waals surface area contributed by atoms with E-state index >= 15 is 0 Å². The number of carbonyl (C=O) groups is 1. The largest absolute Gasteiger partial charge is 0.504 e. The van der Waals surface area contributed by atoms with Crippen molar-refractivity contribution in [1.29, 1.82) is 0 Å².